The van der Waals surface area contributed by atoms with Crippen molar-refractivity contribution >= 4 is 35.6 Å². The van der Waals surface area contributed by atoms with Crippen molar-refractivity contribution in [2.45, 2.75) is 6.10 Å². The second kappa shape index (κ2) is 8.44. The van der Waals surface area contributed by atoms with Crippen LogP contribution in [-0.4, -0.2) is 25.6 Å². The lowest BCUT2D eigenvalue weighted by Crippen LogP contribution is -2.33. The summed E-state index contributed by atoms with van der Waals surface area (Å²) in [5, 5.41) is 6.19. The molecule has 4 nitrogen and oxygen atoms in total. The molecular weight excluding hydrogens is 354 g/mol. The van der Waals surface area contributed by atoms with E-state index in [2.05, 4.69) is 10.6 Å². The van der Waals surface area contributed by atoms with E-state index in [4.69, 9.17) is 16.3 Å². The van der Waals surface area contributed by atoms with Crippen LogP contribution in [0, 0.1) is 5.82 Å². The van der Waals surface area contributed by atoms with Crippen molar-refractivity contribution in [3.63, 3.8) is 0 Å². The van der Waals surface area contributed by atoms with Gasteiger partial charge < -0.3 is 15.4 Å². The van der Waals surface area contributed by atoms with Gasteiger partial charge in [-0.1, -0.05) is 23.7 Å². The number of carbonyl (C=O) groups excluding carboxylic acids is 1. The molecule has 1 heterocycles. The maximum atomic E-state index is 13.7. The Bertz CT molecular complexity index is 704. The van der Waals surface area contributed by atoms with Crippen LogP contribution in [0.5, 0.6) is 0 Å². The van der Waals surface area contributed by atoms with Crippen molar-refractivity contribution in [2.75, 3.05) is 25.0 Å². The topological polar surface area (TPSA) is 50.4 Å². The summed E-state index contributed by atoms with van der Waals surface area (Å²) in [5.74, 6) is -1.16. The molecule has 128 valence electrons. The molecule has 1 amide bonds. The second-order valence-electron chi connectivity index (χ2n) is 5.26. The number of hydrogen-bond donors (Lipinski definition) is 2. The van der Waals surface area contributed by atoms with Gasteiger partial charge in [0.25, 0.3) is 5.91 Å². The van der Waals surface area contributed by atoms with E-state index in [1.807, 2.05) is 12.1 Å². The molecule has 0 aliphatic carbocycles. The number of anilines is 1. The first-order valence-electron chi connectivity index (χ1n) is 7.32. The van der Waals surface area contributed by atoms with E-state index < -0.39 is 11.7 Å². The van der Waals surface area contributed by atoms with Crippen LogP contribution in [0.25, 0.3) is 0 Å². The third-order valence-corrected chi connectivity index (χ3v) is 3.88. The number of carbonyl (C=O) groups is 1. The van der Waals surface area contributed by atoms with Crippen LogP contribution in [0.4, 0.5) is 10.1 Å². The van der Waals surface area contributed by atoms with Crippen molar-refractivity contribution in [3.8, 4) is 0 Å². The molecule has 3 rings (SSSR count). The Morgan fingerprint density at radius 1 is 1.25 bits per heavy atom. The molecule has 1 fully saturated rings. The zero-order valence-electron chi connectivity index (χ0n) is 12.7. The molecule has 2 N–H and O–H groups in total. The summed E-state index contributed by atoms with van der Waals surface area (Å²) < 4.78 is 19.4. The molecular formula is C17H17Cl2FN2O2. The number of ether oxygens (including phenoxy) is 1. The Morgan fingerprint density at radius 3 is 2.62 bits per heavy atom. The average molecular weight is 371 g/mol. The van der Waals surface area contributed by atoms with E-state index in [9.17, 15) is 9.18 Å². The van der Waals surface area contributed by atoms with Gasteiger partial charge in [0, 0.05) is 23.8 Å². The standard InChI is InChI=1S/C17H16ClFN2O2.ClH/c18-12-3-6-14(15(19)9-12)17(22)21-13-4-1-11(2-5-13)16-10-20-7-8-23-16;/h1-6,9,16,20H,7-8,10H2,(H,21,22);1H/t16-;/m0./s1. The zero-order chi connectivity index (χ0) is 16.2. The maximum Gasteiger partial charge on any atom is 0.258 e. The predicted octanol–water partition coefficient (Wildman–Crippen LogP) is 3.81. The summed E-state index contributed by atoms with van der Waals surface area (Å²) >= 11 is 5.68. The number of morpholine rings is 1. The third-order valence-electron chi connectivity index (χ3n) is 3.64. The van der Waals surface area contributed by atoms with E-state index in [0.29, 0.717) is 12.3 Å². The summed E-state index contributed by atoms with van der Waals surface area (Å²) in [7, 11) is 0. The van der Waals surface area contributed by atoms with Gasteiger partial charge in [0.15, 0.2) is 0 Å². The van der Waals surface area contributed by atoms with E-state index in [0.717, 1.165) is 24.7 Å². The Hall–Kier alpha value is -1.66. The zero-order valence-corrected chi connectivity index (χ0v) is 14.3. The average Bonchev–Trinajstić information content (AvgIpc) is 2.56. The number of nitrogens with one attached hydrogen (secondary N) is 2. The van der Waals surface area contributed by atoms with Gasteiger partial charge in [-0.2, -0.15) is 0 Å². The van der Waals surface area contributed by atoms with Gasteiger partial charge in [0.05, 0.1) is 18.3 Å². The molecule has 2 aromatic carbocycles. The first-order chi connectivity index (χ1) is 11.1. The van der Waals surface area contributed by atoms with Gasteiger partial charge in [-0.3, -0.25) is 4.79 Å². The molecule has 1 atom stereocenters. The largest absolute Gasteiger partial charge is 0.371 e. The smallest absolute Gasteiger partial charge is 0.258 e. The fourth-order valence-electron chi connectivity index (χ4n) is 2.43. The van der Waals surface area contributed by atoms with Gasteiger partial charge in [-0.05, 0) is 35.9 Å². The molecule has 0 unspecified atom stereocenters. The number of hydrogen-bond acceptors (Lipinski definition) is 3. The quantitative estimate of drug-likeness (QED) is 0.863. The summed E-state index contributed by atoms with van der Waals surface area (Å²) in [6.45, 7) is 2.30. The minimum atomic E-state index is -0.645. The van der Waals surface area contributed by atoms with Gasteiger partial charge in [-0.25, -0.2) is 4.39 Å². The Balaban J connectivity index is 0.00000208. The fraction of sp³-hybridized carbons (Fsp3) is 0.235. The Kier molecular flexibility index (Phi) is 6.57. The molecule has 0 radical (unpaired) electrons. The van der Waals surface area contributed by atoms with E-state index >= 15 is 0 Å². The normalized spacial score (nSPS) is 17.0. The summed E-state index contributed by atoms with van der Waals surface area (Å²) in [5.41, 5.74) is 1.59. The van der Waals surface area contributed by atoms with Crippen LogP contribution in [0.2, 0.25) is 5.02 Å². The van der Waals surface area contributed by atoms with Crippen molar-refractivity contribution in [1.29, 1.82) is 0 Å². The lowest BCUT2D eigenvalue weighted by atomic mass is 10.1. The number of rotatable bonds is 3. The molecule has 2 aromatic rings. The SMILES string of the molecule is Cl.O=C(Nc1ccc([C@@H]2CNCCO2)cc1)c1ccc(Cl)cc1F. The molecule has 7 heteroatoms. The van der Waals surface area contributed by atoms with E-state index in [1.165, 1.54) is 12.1 Å². The minimum absolute atomic E-state index is 0. The summed E-state index contributed by atoms with van der Waals surface area (Å²) in [4.78, 5) is 12.1. The first kappa shape index (κ1) is 18.7. The van der Waals surface area contributed by atoms with Crippen molar-refractivity contribution < 1.29 is 13.9 Å². The molecule has 1 aliphatic rings. The molecule has 0 bridgehead atoms. The van der Waals surface area contributed by atoms with Crippen LogP contribution >= 0.6 is 24.0 Å². The highest BCUT2D eigenvalue weighted by atomic mass is 35.5. The van der Waals surface area contributed by atoms with Crippen LogP contribution in [0.3, 0.4) is 0 Å². The van der Waals surface area contributed by atoms with Crippen molar-refractivity contribution in [3.05, 3.63) is 64.4 Å². The number of halogens is 3. The monoisotopic (exact) mass is 370 g/mol. The first-order valence-corrected chi connectivity index (χ1v) is 7.70. The molecule has 0 spiro atoms. The third kappa shape index (κ3) is 4.45. The van der Waals surface area contributed by atoms with Crippen LogP contribution in [0.1, 0.15) is 22.0 Å². The molecule has 1 aliphatic heterocycles. The number of amides is 1. The van der Waals surface area contributed by atoms with Gasteiger partial charge in [-0.15, -0.1) is 12.4 Å². The molecule has 0 aromatic heterocycles. The van der Waals surface area contributed by atoms with Crippen molar-refractivity contribution in [2.24, 2.45) is 0 Å². The maximum absolute atomic E-state index is 13.7. The van der Waals surface area contributed by atoms with E-state index in [-0.39, 0.29) is 29.1 Å². The fourth-order valence-corrected chi connectivity index (χ4v) is 2.59. The second-order valence-corrected chi connectivity index (χ2v) is 5.70. The van der Waals surface area contributed by atoms with Crippen LogP contribution < -0.4 is 10.6 Å². The molecule has 0 saturated carbocycles. The highest BCUT2D eigenvalue weighted by molar-refractivity contribution is 6.30. The predicted molar refractivity (Wildman–Crippen MR) is 94.6 cm³/mol. The van der Waals surface area contributed by atoms with Gasteiger partial charge >= 0.3 is 0 Å². The Labute approximate surface area is 150 Å². The highest BCUT2D eigenvalue weighted by Crippen LogP contribution is 2.21. The number of benzene rings is 2. The van der Waals surface area contributed by atoms with Gasteiger partial charge in [0.1, 0.15) is 5.82 Å². The van der Waals surface area contributed by atoms with E-state index in [1.54, 1.807) is 12.1 Å². The van der Waals surface area contributed by atoms with Gasteiger partial charge in [0.2, 0.25) is 0 Å². The Morgan fingerprint density at radius 2 is 2.00 bits per heavy atom. The van der Waals surface area contributed by atoms with Crippen LogP contribution in [0.15, 0.2) is 42.5 Å². The summed E-state index contributed by atoms with van der Waals surface area (Å²) in [6, 6.07) is 11.3. The minimum Gasteiger partial charge on any atom is -0.371 e. The van der Waals surface area contributed by atoms with Crippen LogP contribution in [-0.2, 0) is 4.74 Å². The van der Waals surface area contributed by atoms with Crippen molar-refractivity contribution in [1.82, 2.24) is 5.32 Å². The highest BCUT2D eigenvalue weighted by Gasteiger charge is 2.16. The summed E-state index contributed by atoms with van der Waals surface area (Å²) in [6.07, 6.45) is 0.0159. The lowest BCUT2D eigenvalue weighted by molar-refractivity contribution is 0.0277. The molecule has 24 heavy (non-hydrogen) atoms. The molecule has 1 saturated heterocycles. The lowest BCUT2D eigenvalue weighted by Gasteiger charge is -2.24.